The molecule has 0 aliphatic heterocycles. The molecule has 238 valence electrons. The lowest BCUT2D eigenvalue weighted by atomic mass is 9.85. The van der Waals surface area contributed by atoms with Crippen LogP contribution < -0.4 is 0 Å². The predicted octanol–water partition coefficient (Wildman–Crippen LogP) is 11.3. The quantitative estimate of drug-likeness (QED) is 0.174. The van der Waals surface area contributed by atoms with Crippen molar-refractivity contribution < 1.29 is 0 Å². The first-order chi connectivity index (χ1) is 25.3. The third-order valence-electron chi connectivity index (χ3n) is 9.72. The van der Waals surface area contributed by atoms with Gasteiger partial charge in [-0.05, 0) is 109 Å². The normalized spacial score (nSPS) is 11.5. The summed E-state index contributed by atoms with van der Waals surface area (Å²) in [6.45, 7) is 0. The molecule has 0 radical (unpaired) electrons. The van der Waals surface area contributed by atoms with Gasteiger partial charge in [-0.1, -0.05) is 109 Å². The molecule has 5 heteroatoms. The second-order valence-corrected chi connectivity index (χ2v) is 12.8. The van der Waals surface area contributed by atoms with Crippen LogP contribution in [-0.4, -0.2) is 25.0 Å². The third kappa shape index (κ3) is 4.94. The van der Waals surface area contributed by atoms with E-state index in [2.05, 4.69) is 137 Å². The van der Waals surface area contributed by atoms with E-state index in [0.29, 0.717) is 0 Å². The first-order valence-electron chi connectivity index (χ1n) is 17.1. The Bertz CT molecular complexity index is 2860. The fourth-order valence-corrected chi connectivity index (χ4v) is 7.41. The van der Waals surface area contributed by atoms with Crippen LogP contribution in [0.5, 0.6) is 0 Å². The van der Waals surface area contributed by atoms with Crippen LogP contribution in [-0.2, 0) is 0 Å². The first-order valence-corrected chi connectivity index (χ1v) is 17.1. The van der Waals surface area contributed by atoms with Crippen molar-refractivity contribution >= 4 is 43.4 Å². The molecule has 0 saturated carbocycles. The zero-order valence-electron chi connectivity index (χ0n) is 27.5. The fourth-order valence-electron chi connectivity index (χ4n) is 7.41. The molecular formula is C46H29N5. The molecule has 0 unspecified atom stereocenters. The van der Waals surface area contributed by atoms with E-state index in [0.717, 1.165) is 44.8 Å². The maximum absolute atomic E-state index is 5.08. The Morgan fingerprint density at radius 2 is 1.00 bits per heavy atom. The lowest BCUT2D eigenvalue weighted by Gasteiger charge is -2.18. The molecular weight excluding hydrogens is 623 g/mol. The van der Waals surface area contributed by atoms with E-state index in [4.69, 9.17) is 10.2 Å². The molecule has 0 saturated heterocycles. The fraction of sp³-hybridized carbons (Fsp3) is 0. The molecule has 51 heavy (non-hydrogen) atoms. The largest absolute Gasteiger partial charge is 0.256 e. The first kappa shape index (κ1) is 29.0. The van der Waals surface area contributed by atoms with Crippen LogP contribution >= 0.6 is 0 Å². The molecule has 0 aliphatic carbocycles. The van der Waals surface area contributed by atoms with Gasteiger partial charge in [0.05, 0.1) is 17.1 Å². The van der Waals surface area contributed by atoms with Gasteiger partial charge in [-0.2, -0.15) is 4.80 Å². The SMILES string of the molecule is c1ccc(-c2cc(-c3ccccn3)c3nn(-c4cccc(-c5c6ccccc6c(-c6ccc7ccccc7c6)c6ccccc56)c4)nc3c2)nc1. The van der Waals surface area contributed by atoms with Crippen molar-refractivity contribution in [3.8, 4) is 50.5 Å². The number of pyridine rings is 2. The highest BCUT2D eigenvalue weighted by Crippen LogP contribution is 2.44. The van der Waals surface area contributed by atoms with E-state index in [9.17, 15) is 0 Å². The van der Waals surface area contributed by atoms with Crippen LogP contribution in [0.4, 0.5) is 0 Å². The Kier molecular flexibility index (Phi) is 6.74. The number of rotatable bonds is 5. The molecule has 5 nitrogen and oxygen atoms in total. The second-order valence-electron chi connectivity index (χ2n) is 12.8. The average molecular weight is 652 g/mol. The highest BCUT2D eigenvalue weighted by atomic mass is 15.5. The molecule has 0 fully saturated rings. The molecule has 0 amide bonds. The number of nitrogens with zero attached hydrogens (tertiary/aromatic N) is 5. The smallest absolute Gasteiger partial charge is 0.123 e. The Balaban J connectivity index is 1.17. The van der Waals surface area contributed by atoms with E-state index in [-0.39, 0.29) is 0 Å². The highest BCUT2D eigenvalue weighted by molar-refractivity contribution is 6.21. The van der Waals surface area contributed by atoms with Gasteiger partial charge < -0.3 is 0 Å². The summed E-state index contributed by atoms with van der Waals surface area (Å²) in [7, 11) is 0. The monoisotopic (exact) mass is 651 g/mol. The van der Waals surface area contributed by atoms with Gasteiger partial charge in [0.2, 0.25) is 0 Å². The summed E-state index contributed by atoms with van der Waals surface area (Å²) in [4.78, 5) is 11.0. The molecule has 0 atom stereocenters. The van der Waals surface area contributed by atoms with E-state index >= 15 is 0 Å². The maximum atomic E-state index is 5.08. The summed E-state index contributed by atoms with van der Waals surface area (Å²) >= 11 is 0. The minimum atomic E-state index is 0.778. The van der Waals surface area contributed by atoms with Crippen molar-refractivity contribution in [3.05, 3.63) is 176 Å². The van der Waals surface area contributed by atoms with Crippen LogP contribution in [0.15, 0.2) is 176 Å². The maximum Gasteiger partial charge on any atom is 0.123 e. The number of aromatic nitrogens is 5. The van der Waals surface area contributed by atoms with Gasteiger partial charge in [-0.15, -0.1) is 10.2 Å². The van der Waals surface area contributed by atoms with E-state index in [1.807, 2.05) is 48.8 Å². The zero-order chi connectivity index (χ0) is 33.7. The molecule has 0 N–H and O–H groups in total. The van der Waals surface area contributed by atoms with E-state index in [1.54, 1.807) is 4.80 Å². The van der Waals surface area contributed by atoms with Gasteiger partial charge >= 0.3 is 0 Å². The van der Waals surface area contributed by atoms with Gasteiger partial charge in [0.25, 0.3) is 0 Å². The lowest BCUT2D eigenvalue weighted by molar-refractivity contribution is 0.766. The van der Waals surface area contributed by atoms with Crippen molar-refractivity contribution in [2.24, 2.45) is 0 Å². The molecule has 0 bridgehead atoms. The van der Waals surface area contributed by atoms with Crippen LogP contribution in [0.25, 0.3) is 93.8 Å². The van der Waals surface area contributed by atoms with Gasteiger partial charge in [0.1, 0.15) is 11.0 Å². The summed E-state index contributed by atoms with van der Waals surface area (Å²) in [5.74, 6) is 0. The lowest BCUT2D eigenvalue weighted by Crippen LogP contribution is -1.99. The second kappa shape index (κ2) is 11.9. The highest BCUT2D eigenvalue weighted by Gasteiger charge is 2.19. The Labute approximate surface area is 294 Å². The molecule has 10 aromatic rings. The number of benzene rings is 7. The minimum absolute atomic E-state index is 0.778. The Hall–Kier alpha value is -6.98. The zero-order valence-corrected chi connectivity index (χ0v) is 27.5. The summed E-state index contributed by atoms with van der Waals surface area (Å²) in [5, 5.41) is 17.4. The molecule has 3 heterocycles. The number of hydrogen-bond acceptors (Lipinski definition) is 4. The van der Waals surface area contributed by atoms with Crippen LogP contribution in [0.2, 0.25) is 0 Å². The van der Waals surface area contributed by atoms with Crippen LogP contribution in [0.1, 0.15) is 0 Å². The van der Waals surface area contributed by atoms with Gasteiger partial charge in [-0.25, -0.2) is 0 Å². The topological polar surface area (TPSA) is 56.5 Å². The van der Waals surface area contributed by atoms with Crippen LogP contribution in [0.3, 0.4) is 0 Å². The predicted molar refractivity (Wildman–Crippen MR) is 209 cm³/mol. The molecule has 7 aromatic carbocycles. The van der Waals surface area contributed by atoms with Crippen molar-refractivity contribution in [1.29, 1.82) is 0 Å². The van der Waals surface area contributed by atoms with E-state index < -0.39 is 0 Å². The average Bonchev–Trinajstić information content (AvgIpc) is 3.65. The Morgan fingerprint density at radius 1 is 0.392 bits per heavy atom. The molecule has 0 aliphatic rings. The van der Waals surface area contributed by atoms with Gasteiger partial charge in [0.15, 0.2) is 0 Å². The summed E-state index contributed by atoms with van der Waals surface area (Å²) < 4.78 is 0. The third-order valence-corrected chi connectivity index (χ3v) is 9.72. The number of fused-ring (bicyclic) bond motifs is 4. The van der Waals surface area contributed by atoms with Crippen molar-refractivity contribution in [2.45, 2.75) is 0 Å². The van der Waals surface area contributed by atoms with Crippen molar-refractivity contribution in [2.75, 3.05) is 0 Å². The minimum Gasteiger partial charge on any atom is -0.256 e. The summed E-state index contributed by atoms with van der Waals surface area (Å²) in [5.41, 5.74) is 10.8. The van der Waals surface area contributed by atoms with Crippen LogP contribution in [0, 0.1) is 0 Å². The van der Waals surface area contributed by atoms with E-state index in [1.165, 1.54) is 49.0 Å². The van der Waals surface area contributed by atoms with Gasteiger partial charge in [-0.3, -0.25) is 9.97 Å². The number of hydrogen-bond donors (Lipinski definition) is 0. The van der Waals surface area contributed by atoms with Gasteiger partial charge in [0, 0.05) is 23.5 Å². The van der Waals surface area contributed by atoms with Crippen molar-refractivity contribution in [3.63, 3.8) is 0 Å². The summed E-state index contributed by atoms with van der Waals surface area (Å²) in [6, 6.07) is 57.5. The Morgan fingerprint density at radius 3 is 1.67 bits per heavy atom. The standard InChI is InChI=1S/C46H29N5/c1-2-13-31-26-33(23-22-30(31)12-1)45-38-18-5-3-16-36(38)44(37-17-4-6-19-39(37)45)32-14-11-15-35(27-32)51-49-43-29-34(41-20-7-9-24-47-41)28-40(46(43)50-51)42-21-8-10-25-48-42/h1-29H. The molecule has 10 rings (SSSR count). The molecule has 0 spiro atoms. The summed E-state index contributed by atoms with van der Waals surface area (Å²) in [6.07, 6.45) is 3.62. The molecule has 3 aromatic heterocycles. The van der Waals surface area contributed by atoms with Crippen molar-refractivity contribution in [1.82, 2.24) is 25.0 Å².